The second-order valence-electron chi connectivity index (χ2n) is 8.44. The van der Waals surface area contributed by atoms with Crippen LogP contribution < -0.4 is 16.4 Å². The number of nitrogens with one attached hydrogen (secondary N) is 2. The fourth-order valence-electron chi connectivity index (χ4n) is 5.33. The van der Waals surface area contributed by atoms with Gasteiger partial charge in [0.15, 0.2) is 0 Å². The van der Waals surface area contributed by atoms with Crippen LogP contribution in [0.1, 0.15) is 17.5 Å². The molecule has 0 aromatic heterocycles. The fourth-order valence-corrected chi connectivity index (χ4v) is 5.69. The van der Waals surface area contributed by atoms with E-state index in [-0.39, 0.29) is 18.9 Å². The van der Waals surface area contributed by atoms with Crippen LogP contribution in [0, 0.1) is 11.8 Å². The smallest absolute Gasteiger partial charge is 0.250 e. The molecule has 8 nitrogen and oxygen atoms in total. The molecule has 0 bridgehead atoms. The van der Waals surface area contributed by atoms with Crippen LogP contribution in [0.3, 0.4) is 0 Å². The van der Waals surface area contributed by atoms with Crippen LogP contribution >= 0.6 is 15.9 Å². The van der Waals surface area contributed by atoms with Crippen LogP contribution in [0.5, 0.6) is 0 Å². The van der Waals surface area contributed by atoms with Crippen molar-refractivity contribution in [1.29, 1.82) is 0 Å². The van der Waals surface area contributed by atoms with Crippen LogP contribution in [0.4, 0.5) is 5.69 Å². The second kappa shape index (κ2) is 7.53. The van der Waals surface area contributed by atoms with Crippen LogP contribution in [0.25, 0.3) is 0 Å². The number of nitrogens with zero attached hydrogens (tertiary/aromatic N) is 1. The Hall–Kier alpha value is -3.04. The van der Waals surface area contributed by atoms with Gasteiger partial charge in [0.2, 0.25) is 23.6 Å². The van der Waals surface area contributed by atoms with Crippen molar-refractivity contribution in [2.24, 2.45) is 17.6 Å². The molecule has 0 saturated carbocycles. The number of hydrogen-bond acceptors (Lipinski definition) is 5. The van der Waals surface area contributed by atoms with Gasteiger partial charge in [0.05, 0.1) is 11.8 Å². The zero-order valence-corrected chi connectivity index (χ0v) is 18.6. The van der Waals surface area contributed by atoms with E-state index in [1.807, 2.05) is 30.3 Å². The van der Waals surface area contributed by atoms with E-state index in [0.717, 1.165) is 10.0 Å². The summed E-state index contributed by atoms with van der Waals surface area (Å²) in [6.07, 6.45) is 0.359. The summed E-state index contributed by atoms with van der Waals surface area (Å²) in [6.45, 7) is 0.209. The van der Waals surface area contributed by atoms with Crippen LogP contribution in [-0.2, 0) is 31.1 Å². The molecule has 4 amide bonds. The number of nitrogens with two attached hydrogens (primary N) is 1. The molecular formula is C23H21BrN4O4. The minimum Gasteiger partial charge on any atom is -0.370 e. The quantitative estimate of drug-likeness (QED) is 0.538. The van der Waals surface area contributed by atoms with Gasteiger partial charge in [0, 0.05) is 34.7 Å². The molecule has 32 heavy (non-hydrogen) atoms. The summed E-state index contributed by atoms with van der Waals surface area (Å²) in [5, 5.41) is 6.02. The van der Waals surface area contributed by atoms with Gasteiger partial charge in [0.25, 0.3) is 0 Å². The molecule has 2 aromatic carbocycles. The Bertz CT molecular complexity index is 1150. The van der Waals surface area contributed by atoms with Crippen molar-refractivity contribution in [2.75, 3.05) is 11.9 Å². The minimum atomic E-state index is -1.43. The number of hydrogen-bond donors (Lipinski definition) is 3. The standard InChI is InChI=1S/C23H21BrN4O4/c24-13-6-7-15-14(10-13)23(22(32)26-15)19-18(16(27-23)11-17(25)29)20(30)28(21(19)31)9-8-12-4-2-1-3-5-12/h1-7,10,16,18-19,27H,8-9,11H2,(H2,25,29)(H,26,32)/t16-,18-,19+,23+/m1/s1. The first-order chi connectivity index (χ1) is 15.3. The second-order valence-corrected chi connectivity index (χ2v) is 9.36. The molecule has 0 aliphatic carbocycles. The third kappa shape index (κ3) is 2.99. The van der Waals surface area contributed by atoms with Crippen molar-refractivity contribution in [2.45, 2.75) is 24.4 Å². The average Bonchev–Trinajstić information content (AvgIpc) is 3.32. The molecule has 4 N–H and O–H groups in total. The summed E-state index contributed by atoms with van der Waals surface area (Å²) >= 11 is 3.43. The highest BCUT2D eigenvalue weighted by Gasteiger charge is 2.70. The lowest BCUT2D eigenvalue weighted by atomic mass is 9.76. The number of carbonyl (C=O) groups is 4. The van der Waals surface area contributed by atoms with Gasteiger partial charge in [-0.2, -0.15) is 0 Å². The first-order valence-corrected chi connectivity index (χ1v) is 11.2. The Balaban J connectivity index is 1.55. The van der Waals surface area contributed by atoms with Crippen molar-refractivity contribution >= 4 is 45.2 Å². The number of amides is 4. The number of fused-ring (bicyclic) bond motifs is 4. The molecule has 0 radical (unpaired) electrons. The molecule has 4 atom stereocenters. The lowest BCUT2D eigenvalue weighted by Crippen LogP contribution is -2.53. The van der Waals surface area contributed by atoms with E-state index in [1.165, 1.54) is 4.90 Å². The molecule has 2 saturated heterocycles. The van der Waals surface area contributed by atoms with E-state index in [4.69, 9.17) is 5.73 Å². The lowest BCUT2D eigenvalue weighted by Gasteiger charge is -2.29. The Morgan fingerprint density at radius 1 is 1.09 bits per heavy atom. The van der Waals surface area contributed by atoms with Crippen molar-refractivity contribution in [3.63, 3.8) is 0 Å². The third-order valence-corrected chi connectivity index (χ3v) is 7.15. The van der Waals surface area contributed by atoms with Crippen molar-refractivity contribution in [1.82, 2.24) is 10.2 Å². The summed E-state index contributed by atoms with van der Waals surface area (Å²) < 4.78 is 0.738. The van der Waals surface area contributed by atoms with E-state index in [9.17, 15) is 19.2 Å². The average molecular weight is 497 g/mol. The molecule has 3 aliphatic rings. The number of imide groups is 1. The molecule has 5 rings (SSSR count). The van der Waals surface area contributed by atoms with Gasteiger partial charge < -0.3 is 11.1 Å². The molecular weight excluding hydrogens is 476 g/mol. The molecule has 2 fully saturated rings. The van der Waals surface area contributed by atoms with Gasteiger partial charge in [-0.25, -0.2) is 0 Å². The Morgan fingerprint density at radius 3 is 2.56 bits per heavy atom. The lowest BCUT2D eigenvalue weighted by molar-refractivity contribution is -0.142. The predicted molar refractivity (Wildman–Crippen MR) is 119 cm³/mol. The zero-order valence-electron chi connectivity index (χ0n) is 17.0. The number of benzene rings is 2. The highest BCUT2D eigenvalue weighted by atomic mass is 79.9. The normalized spacial score (nSPS) is 28.2. The van der Waals surface area contributed by atoms with Crippen molar-refractivity contribution in [3.05, 3.63) is 64.1 Å². The topological polar surface area (TPSA) is 122 Å². The molecule has 3 heterocycles. The number of halogens is 1. The maximum absolute atomic E-state index is 13.6. The van der Waals surface area contributed by atoms with Crippen LogP contribution in [0.15, 0.2) is 53.0 Å². The first-order valence-electron chi connectivity index (χ1n) is 10.4. The van der Waals surface area contributed by atoms with E-state index < -0.39 is 41.1 Å². The van der Waals surface area contributed by atoms with Gasteiger partial charge in [-0.1, -0.05) is 46.3 Å². The summed E-state index contributed by atoms with van der Waals surface area (Å²) in [5.41, 5.74) is 6.18. The maximum atomic E-state index is 13.6. The number of likely N-dealkylation sites (tertiary alicyclic amines) is 1. The van der Waals surface area contributed by atoms with Gasteiger partial charge in [-0.3, -0.25) is 29.4 Å². The summed E-state index contributed by atoms with van der Waals surface area (Å²) in [5.74, 6) is -3.58. The SMILES string of the molecule is NC(=O)C[C@H]1N[C@]2(C(=O)Nc3ccc(Br)cc32)[C@@H]2C(=O)N(CCc3ccccc3)C(=O)[C@@H]21. The van der Waals surface area contributed by atoms with Gasteiger partial charge in [0.1, 0.15) is 5.54 Å². The van der Waals surface area contributed by atoms with E-state index >= 15 is 0 Å². The predicted octanol–water partition coefficient (Wildman–Crippen LogP) is 1.29. The van der Waals surface area contributed by atoms with E-state index in [0.29, 0.717) is 17.7 Å². The van der Waals surface area contributed by atoms with Crippen molar-refractivity contribution < 1.29 is 19.2 Å². The van der Waals surface area contributed by atoms with Gasteiger partial charge in [-0.05, 0) is 30.2 Å². The van der Waals surface area contributed by atoms with E-state index in [2.05, 4.69) is 26.6 Å². The molecule has 1 spiro atoms. The van der Waals surface area contributed by atoms with Crippen LogP contribution in [0.2, 0.25) is 0 Å². The fraction of sp³-hybridized carbons (Fsp3) is 0.304. The summed E-state index contributed by atoms with van der Waals surface area (Å²) in [4.78, 5) is 53.3. The van der Waals surface area contributed by atoms with Crippen molar-refractivity contribution in [3.8, 4) is 0 Å². The number of carbonyl (C=O) groups excluding carboxylic acids is 4. The third-order valence-electron chi connectivity index (χ3n) is 6.66. The van der Waals surface area contributed by atoms with E-state index in [1.54, 1.807) is 18.2 Å². The zero-order chi connectivity index (χ0) is 22.6. The molecule has 9 heteroatoms. The highest BCUT2D eigenvalue weighted by Crippen LogP contribution is 2.53. The molecule has 164 valence electrons. The summed E-state index contributed by atoms with van der Waals surface area (Å²) in [7, 11) is 0. The molecule has 2 aromatic rings. The maximum Gasteiger partial charge on any atom is 0.250 e. The number of primary amides is 1. The molecule has 0 unspecified atom stereocenters. The van der Waals surface area contributed by atoms with Crippen LogP contribution in [-0.4, -0.2) is 41.1 Å². The largest absolute Gasteiger partial charge is 0.370 e. The van der Waals surface area contributed by atoms with Gasteiger partial charge in [-0.15, -0.1) is 0 Å². The Kier molecular flexibility index (Phi) is 4.90. The summed E-state index contributed by atoms with van der Waals surface area (Å²) in [6, 6.07) is 14.2. The molecule has 3 aliphatic heterocycles. The Labute approximate surface area is 192 Å². The highest BCUT2D eigenvalue weighted by molar-refractivity contribution is 9.10. The first kappa shape index (κ1) is 20.8. The number of rotatable bonds is 5. The Morgan fingerprint density at radius 2 is 1.84 bits per heavy atom. The van der Waals surface area contributed by atoms with Gasteiger partial charge >= 0.3 is 0 Å². The monoisotopic (exact) mass is 496 g/mol. The minimum absolute atomic E-state index is 0.148. The number of anilines is 1.